The molecule has 1 aliphatic carbocycles. The van der Waals surface area contributed by atoms with Gasteiger partial charge in [-0.25, -0.2) is 9.38 Å². The van der Waals surface area contributed by atoms with E-state index in [2.05, 4.69) is 15.2 Å². The van der Waals surface area contributed by atoms with Gasteiger partial charge in [-0.05, 0) is 54.3 Å². The Morgan fingerprint density at radius 3 is 2.79 bits per heavy atom. The number of likely N-dealkylation sites (tertiary alicyclic amines) is 1. The summed E-state index contributed by atoms with van der Waals surface area (Å²) >= 11 is 5.77. The minimum atomic E-state index is -0.729. The summed E-state index contributed by atoms with van der Waals surface area (Å²) < 4.78 is 13.3. The normalized spacial score (nSPS) is 21.3. The summed E-state index contributed by atoms with van der Waals surface area (Å²) in [7, 11) is 0. The highest BCUT2D eigenvalue weighted by Crippen LogP contribution is 2.34. The Bertz CT molecular complexity index is 928. The number of aliphatic imine (C=N–C) groups is 1. The van der Waals surface area contributed by atoms with Crippen LogP contribution in [0.1, 0.15) is 40.4 Å². The van der Waals surface area contributed by atoms with E-state index in [-0.39, 0.29) is 10.6 Å². The highest BCUT2D eigenvalue weighted by Gasteiger charge is 2.32. The summed E-state index contributed by atoms with van der Waals surface area (Å²) in [6.45, 7) is 2.04. The topological polar surface area (TPSA) is 64.9 Å². The van der Waals surface area contributed by atoms with E-state index in [9.17, 15) is 14.3 Å². The fourth-order valence-electron chi connectivity index (χ4n) is 3.73. The molecule has 2 N–H and O–H groups in total. The molecule has 0 radical (unpaired) electrons. The molecule has 2 aromatic carbocycles. The van der Waals surface area contributed by atoms with Crippen LogP contribution in [0.5, 0.6) is 0 Å². The summed E-state index contributed by atoms with van der Waals surface area (Å²) in [6.07, 6.45) is 3.95. The number of fused-ring (bicyclic) bond motifs is 1. The van der Waals surface area contributed by atoms with Gasteiger partial charge in [0.2, 0.25) is 0 Å². The molecule has 1 aliphatic heterocycles. The summed E-state index contributed by atoms with van der Waals surface area (Å²) in [6, 6.07) is 9.02. The summed E-state index contributed by atoms with van der Waals surface area (Å²) in [4.78, 5) is 19.3. The molecular weight excluding hydrogens is 381 g/mol. The lowest BCUT2D eigenvalue weighted by molar-refractivity contribution is 0.0858. The van der Waals surface area contributed by atoms with Crippen LogP contribution in [0.15, 0.2) is 41.4 Å². The van der Waals surface area contributed by atoms with Crippen molar-refractivity contribution in [1.82, 2.24) is 10.2 Å². The second kappa shape index (κ2) is 7.89. The molecule has 28 heavy (non-hydrogen) atoms. The van der Waals surface area contributed by atoms with Crippen LogP contribution >= 0.6 is 11.6 Å². The van der Waals surface area contributed by atoms with Crippen molar-refractivity contribution in [2.45, 2.75) is 31.4 Å². The van der Waals surface area contributed by atoms with Gasteiger partial charge in [0, 0.05) is 25.1 Å². The van der Waals surface area contributed by atoms with Crippen molar-refractivity contribution in [3.05, 3.63) is 63.9 Å². The first-order chi connectivity index (χ1) is 13.5. The maximum Gasteiger partial charge on any atom is 0.251 e. The average molecular weight is 402 g/mol. The predicted molar refractivity (Wildman–Crippen MR) is 107 cm³/mol. The smallest absolute Gasteiger partial charge is 0.251 e. The van der Waals surface area contributed by atoms with E-state index in [0.29, 0.717) is 6.42 Å². The second-order valence-electron chi connectivity index (χ2n) is 7.22. The molecule has 146 valence electrons. The van der Waals surface area contributed by atoms with Gasteiger partial charge < -0.3 is 15.3 Å². The Balaban J connectivity index is 1.53. The Hall–Kier alpha value is -2.44. The number of rotatable bonds is 4. The van der Waals surface area contributed by atoms with Gasteiger partial charge in [0.15, 0.2) is 0 Å². The SMILES string of the molecule is O=C(NC1c2cc(N=CN3CCCC3)ccc2CC1O)c1ccc(F)c(Cl)c1. The van der Waals surface area contributed by atoms with Gasteiger partial charge >= 0.3 is 0 Å². The maximum absolute atomic E-state index is 13.3. The van der Waals surface area contributed by atoms with Gasteiger partial charge in [-0.3, -0.25) is 4.79 Å². The van der Waals surface area contributed by atoms with E-state index >= 15 is 0 Å². The fraction of sp³-hybridized carbons (Fsp3) is 0.333. The Morgan fingerprint density at radius 2 is 2.04 bits per heavy atom. The van der Waals surface area contributed by atoms with Crippen molar-refractivity contribution in [3.63, 3.8) is 0 Å². The number of nitrogens with zero attached hydrogens (tertiary/aromatic N) is 2. The quantitative estimate of drug-likeness (QED) is 0.607. The Morgan fingerprint density at radius 1 is 1.25 bits per heavy atom. The van der Waals surface area contributed by atoms with Crippen molar-refractivity contribution in [2.75, 3.05) is 13.1 Å². The number of benzene rings is 2. The van der Waals surface area contributed by atoms with Gasteiger partial charge in [-0.15, -0.1) is 0 Å². The first kappa shape index (κ1) is 18.9. The number of nitrogens with one attached hydrogen (secondary N) is 1. The minimum absolute atomic E-state index is 0.112. The zero-order valence-corrected chi connectivity index (χ0v) is 16.0. The maximum atomic E-state index is 13.3. The van der Waals surface area contributed by atoms with E-state index in [1.165, 1.54) is 25.0 Å². The molecule has 0 spiro atoms. The zero-order chi connectivity index (χ0) is 19.7. The van der Waals surface area contributed by atoms with Crippen LogP contribution in [0.2, 0.25) is 5.02 Å². The van der Waals surface area contributed by atoms with Gasteiger partial charge in [0.05, 0.1) is 29.2 Å². The van der Waals surface area contributed by atoms with Gasteiger partial charge in [0.25, 0.3) is 5.91 Å². The number of hydrogen-bond acceptors (Lipinski definition) is 3. The third-order valence-corrected chi connectivity index (χ3v) is 5.55. The third-order valence-electron chi connectivity index (χ3n) is 5.26. The number of aliphatic hydroxyl groups is 1. The molecule has 1 heterocycles. The second-order valence-corrected chi connectivity index (χ2v) is 7.63. The standard InChI is InChI=1S/C21H21ClFN3O2/c22-17-9-14(4-6-18(17)23)21(28)25-20-16-11-15(5-3-13(16)10-19(20)27)24-12-26-7-1-2-8-26/h3-6,9,11-12,19-20,27H,1-2,7-8,10H2,(H,25,28). The van der Waals surface area contributed by atoms with Gasteiger partial charge in [-0.1, -0.05) is 17.7 Å². The number of carbonyl (C=O) groups excluding carboxylic acids is 1. The van der Waals surface area contributed by atoms with E-state index < -0.39 is 23.9 Å². The van der Waals surface area contributed by atoms with Crippen LogP contribution in [0, 0.1) is 5.82 Å². The lowest BCUT2D eigenvalue weighted by Gasteiger charge is -2.18. The van der Waals surface area contributed by atoms with Crippen molar-refractivity contribution < 1.29 is 14.3 Å². The van der Waals surface area contributed by atoms with Crippen molar-refractivity contribution in [1.29, 1.82) is 0 Å². The van der Waals surface area contributed by atoms with E-state index in [4.69, 9.17) is 11.6 Å². The molecule has 2 aliphatic rings. The number of amides is 1. The molecule has 0 bridgehead atoms. The molecular formula is C21H21ClFN3O2. The van der Waals surface area contributed by atoms with Crippen molar-refractivity contribution >= 4 is 29.5 Å². The number of hydrogen-bond donors (Lipinski definition) is 2. The highest BCUT2D eigenvalue weighted by atomic mass is 35.5. The Labute approximate surface area is 167 Å². The number of aliphatic hydroxyl groups excluding tert-OH is 1. The number of carbonyl (C=O) groups is 1. The molecule has 5 nitrogen and oxygen atoms in total. The summed E-state index contributed by atoms with van der Waals surface area (Å²) in [5.41, 5.74) is 2.86. The first-order valence-corrected chi connectivity index (χ1v) is 9.74. The lowest BCUT2D eigenvalue weighted by atomic mass is 10.1. The van der Waals surface area contributed by atoms with Crippen molar-refractivity contribution in [3.8, 4) is 0 Å². The summed E-state index contributed by atoms with van der Waals surface area (Å²) in [5.74, 6) is -0.991. The zero-order valence-electron chi connectivity index (χ0n) is 15.2. The highest BCUT2D eigenvalue weighted by molar-refractivity contribution is 6.31. The molecule has 2 unspecified atom stereocenters. The lowest BCUT2D eigenvalue weighted by Crippen LogP contribution is -2.33. The van der Waals surface area contributed by atoms with Crippen LogP contribution < -0.4 is 5.32 Å². The van der Waals surface area contributed by atoms with Crippen LogP contribution in [-0.2, 0) is 6.42 Å². The van der Waals surface area contributed by atoms with E-state index in [0.717, 1.165) is 36.0 Å². The van der Waals surface area contributed by atoms with Crippen LogP contribution in [0.3, 0.4) is 0 Å². The number of halogens is 2. The van der Waals surface area contributed by atoms with E-state index in [1.807, 2.05) is 24.5 Å². The molecule has 2 atom stereocenters. The third kappa shape index (κ3) is 3.88. The molecule has 7 heteroatoms. The molecule has 2 aromatic rings. The van der Waals surface area contributed by atoms with Crippen LogP contribution in [-0.4, -0.2) is 41.4 Å². The van der Waals surface area contributed by atoms with Gasteiger partial charge in [0.1, 0.15) is 5.82 Å². The van der Waals surface area contributed by atoms with E-state index in [1.54, 1.807) is 0 Å². The minimum Gasteiger partial charge on any atom is -0.390 e. The average Bonchev–Trinajstić information content (AvgIpc) is 3.30. The molecule has 1 fully saturated rings. The van der Waals surface area contributed by atoms with Crippen LogP contribution in [0.4, 0.5) is 10.1 Å². The molecule has 0 saturated carbocycles. The van der Waals surface area contributed by atoms with Gasteiger partial charge in [-0.2, -0.15) is 0 Å². The molecule has 0 aromatic heterocycles. The summed E-state index contributed by atoms with van der Waals surface area (Å²) in [5, 5.41) is 13.2. The largest absolute Gasteiger partial charge is 0.390 e. The predicted octanol–water partition coefficient (Wildman–Crippen LogP) is 3.62. The first-order valence-electron chi connectivity index (χ1n) is 9.36. The fourth-order valence-corrected chi connectivity index (χ4v) is 3.91. The Kier molecular flexibility index (Phi) is 5.33. The molecule has 1 saturated heterocycles. The van der Waals surface area contributed by atoms with Crippen molar-refractivity contribution in [2.24, 2.45) is 4.99 Å². The monoisotopic (exact) mass is 401 g/mol. The molecule has 4 rings (SSSR count). The van der Waals surface area contributed by atoms with Crippen LogP contribution in [0.25, 0.3) is 0 Å². The molecule has 1 amide bonds.